The van der Waals surface area contributed by atoms with E-state index in [0.29, 0.717) is 11.3 Å². The number of hydrogen-bond acceptors (Lipinski definition) is 7. The maximum absolute atomic E-state index is 11.0. The quantitative estimate of drug-likeness (QED) is 0.279. The number of non-ortho nitro benzene ring substituents is 1. The third kappa shape index (κ3) is 5.45. The molecule has 0 N–H and O–H groups in total. The fourth-order valence-electron chi connectivity index (χ4n) is 4.02. The summed E-state index contributed by atoms with van der Waals surface area (Å²) in [5.41, 5.74) is 2.60. The molecule has 0 unspecified atom stereocenters. The molecule has 0 aliphatic carbocycles. The summed E-state index contributed by atoms with van der Waals surface area (Å²) >= 11 is 0. The first-order chi connectivity index (χ1) is 15.6. The first kappa shape index (κ1) is 21.8. The van der Waals surface area contributed by atoms with Crippen LogP contribution in [0.2, 0.25) is 0 Å². The number of hydrogen-bond donors (Lipinski definition) is 0. The average molecular weight is 437 g/mol. The molecule has 1 aliphatic heterocycles. The van der Waals surface area contributed by atoms with Crippen molar-refractivity contribution in [1.82, 2.24) is 10.1 Å². The van der Waals surface area contributed by atoms with E-state index in [-0.39, 0.29) is 5.69 Å². The largest absolute Gasteiger partial charge is 0.497 e. The highest BCUT2D eigenvalue weighted by Crippen LogP contribution is 2.25. The van der Waals surface area contributed by atoms with Crippen molar-refractivity contribution in [2.75, 3.05) is 44.7 Å². The van der Waals surface area contributed by atoms with Crippen molar-refractivity contribution in [1.29, 1.82) is 0 Å². The number of nitro benzene ring substituents is 1. The average Bonchev–Trinajstić information content (AvgIpc) is 3.31. The molecule has 8 nitrogen and oxygen atoms in total. The van der Waals surface area contributed by atoms with Crippen molar-refractivity contribution in [3.8, 4) is 17.0 Å². The second-order valence-electron chi connectivity index (χ2n) is 7.97. The number of piperazine rings is 1. The van der Waals surface area contributed by atoms with Gasteiger partial charge in [-0.25, -0.2) is 0 Å². The lowest BCUT2D eigenvalue weighted by molar-refractivity contribution is -0.384. The van der Waals surface area contributed by atoms with E-state index in [1.165, 1.54) is 17.8 Å². The molecule has 168 valence electrons. The smallest absolute Gasteiger partial charge is 0.270 e. The molecule has 1 saturated heterocycles. The van der Waals surface area contributed by atoms with E-state index in [1.54, 1.807) is 19.2 Å². The summed E-state index contributed by atoms with van der Waals surface area (Å²) in [6, 6.07) is 16.6. The maximum Gasteiger partial charge on any atom is 0.270 e. The molecular formula is C24H28N4O4. The van der Waals surface area contributed by atoms with Crippen LogP contribution in [0.3, 0.4) is 0 Å². The van der Waals surface area contributed by atoms with Gasteiger partial charge in [0.1, 0.15) is 17.2 Å². The van der Waals surface area contributed by atoms with Gasteiger partial charge in [0.25, 0.3) is 5.69 Å². The Kier molecular flexibility index (Phi) is 7.01. The zero-order valence-electron chi connectivity index (χ0n) is 18.3. The number of nitrogens with zero attached hydrogens (tertiary/aromatic N) is 4. The van der Waals surface area contributed by atoms with Crippen LogP contribution in [0.4, 0.5) is 11.4 Å². The highest BCUT2D eigenvalue weighted by molar-refractivity contribution is 5.62. The van der Waals surface area contributed by atoms with Gasteiger partial charge in [-0.2, -0.15) is 0 Å². The van der Waals surface area contributed by atoms with Crippen LogP contribution in [-0.4, -0.2) is 54.8 Å². The van der Waals surface area contributed by atoms with E-state index in [1.807, 2.05) is 18.2 Å². The lowest BCUT2D eigenvalue weighted by Gasteiger charge is -2.36. The number of ether oxygens (including phenoxy) is 1. The van der Waals surface area contributed by atoms with E-state index >= 15 is 0 Å². The molecule has 1 aromatic heterocycles. The summed E-state index contributed by atoms with van der Waals surface area (Å²) in [5.74, 6) is 1.71. The molecule has 0 atom stereocenters. The molecule has 0 saturated carbocycles. The van der Waals surface area contributed by atoms with E-state index in [0.717, 1.165) is 63.5 Å². The third-order valence-electron chi connectivity index (χ3n) is 5.85. The predicted molar refractivity (Wildman–Crippen MR) is 123 cm³/mol. The highest BCUT2D eigenvalue weighted by Gasteiger charge is 2.17. The molecule has 1 aliphatic rings. The van der Waals surface area contributed by atoms with Gasteiger partial charge in [-0.1, -0.05) is 23.4 Å². The summed E-state index contributed by atoms with van der Waals surface area (Å²) in [6.07, 6.45) is 2.91. The maximum atomic E-state index is 11.0. The second-order valence-corrected chi connectivity index (χ2v) is 7.97. The molecule has 4 rings (SSSR count). The summed E-state index contributed by atoms with van der Waals surface area (Å²) in [6.45, 7) is 5.20. The number of anilines is 1. The number of aromatic nitrogens is 1. The summed E-state index contributed by atoms with van der Waals surface area (Å²) < 4.78 is 10.8. The lowest BCUT2D eigenvalue weighted by atomic mass is 10.1. The van der Waals surface area contributed by atoms with Gasteiger partial charge >= 0.3 is 0 Å². The summed E-state index contributed by atoms with van der Waals surface area (Å²) in [5, 5.41) is 15.0. The third-order valence-corrected chi connectivity index (χ3v) is 5.85. The van der Waals surface area contributed by atoms with Gasteiger partial charge in [-0.05, 0) is 31.5 Å². The Morgan fingerprint density at radius 2 is 1.88 bits per heavy atom. The van der Waals surface area contributed by atoms with Crippen LogP contribution < -0.4 is 9.64 Å². The number of unbranched alkanes of at least 4 members (excludes halogenated alkanes) is 1. The molecule has 0 radical (unpaired) electrons. The Morgan fingerprint density at radius 3 is 2.66 bits per heavy atom. The monoisotopic (exact) mass is 436 g/mol. The number of nitro groups is 1. The number of benzene rings is 2. The molecular weight excluding hydrogens is 408 g/mol. The van der Waals surface area contributed by atoms with Crippen LogP contribution in [-0.2, 0) is 6.42 Å². The van der Waals surface area contributed by atoms with Gasteiger partial charge in [-0.15, -0.1) is 0 Å². The Balaban J connectivity index is 1.20. The Hall–Kier alpha value is -3.39. The predicted octanol–water partition coefficient (Wildman–Crippen LogP) is 4.40. The normalized spacial score (nSPS) is 14.5. The number of aryl methyl sites for hydroxylation is 1. The van der Waals surface area contributed by atoms with Crippen molar-refractivity contribution in [3.63, 3.8) is 0 Å². The molecule has 2 heterocycles. The molecule has 2 aromatic carbocycles. The van der Waals surface area contributed by atoms with Crippen molar-refractivity contribution in [2.24, 2.45) is 0 Å². The standard InChI is InChI=1S/C24H28N4O4/c1-31-22-10-5-7-20(17-22)27-14-12-26(13-15-27)11-3-2-9-23-18-24(25-32-23)19-6-4-8-21(16-19)28(29)30/h4-8,10,16-18H,2-3,9,11-15H2,1H3. The van der Waals surface area contributed by atoms with Crippen LogP contribution in [0.25, 0.3) is 11.3 Å². The molecule has 0 bridgehead atoms. The zero-order chi connectivity index (χ0) is 22.3. The van der Waals surface area contributed by atoms with Crippen LogP contribution >= 0.6 is 0 Å². The molecule has 32 heavy (non-hydrogen) atoms. The number of methoxy groups -OCH3 is 1. The lowest BCUT2D eigenvalue weighted by Crippen LogP contribution is -2.46. The van der Waals surface area contributed by atoms with Gasteiger partial charge < -0.3 is 14.2 Å². The van der Waals surface area contributed by atoms with Crippen molar-refractivity contribution < 1.29 is 14.2 Å². The van der Waals surface area contributed by atoms with E-state index in [4.69, 9.17) is 9.26 Å². The van der Waals surface area contributed by atoms with Crippen LogP contribution in [0, 0.1) is 10.1 Å². The van der Waals surface area contributed by atoms with Gasteiger partial charge in [0.2, 0.25) is 0 Å². The Morgan fingerprint density at radius 1 is 1.06 bits per heavy atom. The van der Waals surface area contributed by atoms with Gasteiger partial charge in [0.05, 0.1) is 12.0 Å². The van der Waals surface area contributed by atoms with Gasteiger partial charge in [-0.3, -0.25) is 15.0 Å². The van der Waals surface area contributed by atoms with E-state index < -0.39 is 4.92 Å². The zero-order valence-corrected chi connectivity index (χ0v) is 18.3. The number of rotatable bonds is 9. The molecule has 0 spiro atoms. The van der Waals surface area contributed by atoms with Crippen LogP contribution in [0.15, 0.2) is 59.1 Å². The molecule has 3 aromatic rings. The topological polar surface area (TPSA) is 84.9 Å². The fraction of sp³-hybridized carbons (Fsp3) is 0.375. The minimum Gasteiger partial charge on any atom is -0.497 e. The van der Waals surface area contributed by atoms with Crippen LogP contribution in [0.5, 0.6) is 5.75 Å². The van der Waals surface area contributed by atoms with Gasteiger partial charge in [0, 0.05) is 68.1 Å². The summed E-state index contributed by atoms with van der Waals surface area (Å²) in [4.78, 5) is 15.5. The van der Waals surface area contributed by atoms with Crippen molar-refractivity contribution in [2.45, 2.75) is 19.3 Å². The Bertz CT molecular complexity index is 1040. The minimum atomic E-state index is -0.402. The SMILES string of the molecule is COc1cccc(N2CCN(CCCCc3cc(-c4cccc([N+](=O)[O-])c4)no3)CC2)c1. The van der Waals surface area contributed by atoms with Crippen LogP contribution in [0.1, 0.15) is 18.6 Å². The van der Waals surface area contributed by atoms with E-state index in [2.05, 4.69) is 27.1 Å². The molecule has 0 amide bonds. The molecule has 1 fully saturated rings. The van der Waals surface area contributed by atoms with Gasteiger partial charge in [0.15, 0.2) is 0 Å². The fourth-order valence-corrected chi connectivity index (χ4v) is 4.02. The second kappa shape index (κ2) is 10.3. The molecule has 8 heteroatoms. The highest BCUT2D eigenvalue weighted by atomic mass is 16.6. The summed E-state index contributed by atoms with van der Waals surface area (Å²) in [7, 11) is 1.70. The Labute approximate surface area is 187 Å². The van der Waals surface area contributed by atoms with Crippen molar-refractivity contribution >= 4 is 11.4 Å². The minimum absolute atomic E-state index is 0.0542. The first-order valence-electron chi connectivity index (χ1n) is 10.9. The van der Waals surface area contributed by atoms with E-state index in [9.17, 15) is 10.1 Å². The first-order valence-corrected chi connectivity index (χ1v) is 10.9. The van der Waals surface area contributed by atoms with Crippen molar-refractivity contribution in [3.05, 3.63) is 70.5 Å².